The summed E-state index contributed by atoms with van der Waals surface area (Å²) >= 11 is 0. The summed E-state index contributed by atoms with van der Waals surface area (Å²) in [4.78, 5) is 21.3. The summed E-state index contributed by atoms with van der Waals surface area (Å²) in [6.07, 6.45) is 10.7. The van der Waals surface area contributed by atoms with Gasteiger partial charge in [0.25, 0.3) is 0 Å². The number of likely N-dealkylation sites (N-methyl/N-ethyl adjacent to an activating group) is 1. The Morgan fingerprint density at radius 2 is 2.23 bits per heavy atom. The average Bonchev–Trinajstić information content (AvgIpc) is 3.37. The minimum Gasteiger partial charge on any atom is -0.486 e. The second-order valence-corrected chi connectivity index (χ2v) is 7.85. The monoisotopic (exact) mass is 475 g/mol. The van der Waals surface area contributed by atoms with E-state index in [0.717, 1.165) is 13.0 Å². The smallest absolute Gasteiger partial charge is 0.248 e. The number of benzene rings is 2. The van der Waals surface area contributed by atoms with Crippen molar-refractivity contribution in [1.82, 2.24) is 15.3 Å². The third kappa shape index (κ3) is 6.12. The number of ether oxygens (including phenoxy) is 2. The molecule has 180 valence electrons. The van der Waals surface area contributed by atoms with Gasteiger partial charge in [-0.1, -0.05) is 18.9 Å². The van der Waals surface area contributed by atoms with Crippen LogP contribution in [0.25, 0.3) is 10.9 Å². The summed E-state index contributed by atoms with van der Waals surface area (Å²) in [5, 5.41) is 9.82. The number of terminal acetylenes is 1. The van der Waals surface area contributed by atoms with Gasteiger partial charge in [-0.05, 0) is 30.8 Å². The predicted octanol–water partition coefficient (Wildman–Crippen LogP) is 3.77. The van der Waals surface area contributed by atoms with E-state index >= 15 is 0 Å². The van der Waals surface area contributed by atoms with Crippen LogP contribution >= 0.6 is 0 Å². The zero-order chi connectivity index (χ0) is 24.6. The molecule has 4 rings (SSSR count). The number of nitrogens with one attached hydrogen (secondary N) is 3. The van der Waals surface area contributed by atoms with Crippen molar-refractivity contribution in [2.45, 2.75) is 19.4 Å². The summed E-state index contributed by atoms with van der Waals surface area (Å²) < 4.78 is 25.4. The van der Waals surface area contributed by atoms with E-state index < -0.39 is 5.82 Å². The Morgan fingerprint density at radius 1 is 1.34 bits per heavy atom. The summed E-state index contributed by atoms with van der Waals surface area (Å²) in [7, 11) is 0. The highest BCUT2D eigenvalue weighted by atomic mass is 19.1. The molecule has 1 saturated heterocycles. The van der Waals surface area contributed by atoms with Gasteiger partial charge in [-0.15, -0.1) is 6.42 Å². The van der Waals surface area contributed by atoms with Crippen LogP contribution in [0.2, 0.25) is 0 Å². The van der Waals surface area contributed by atoms with E-state index in [1.54, 1.807) is 24.3 Å². The van der Waals surface area contributed by atoms with E-state index in [1.165, 1.54) is 24.5 Å². The molecule has 0 radical (unpaired) electrons. The second-order valence-electron chi connectivity index (χ2n) is 7.85. The van der Waals surface area contributed by atoms with E-state index in [2.05, 4.69) is 31.8 Å². The van der Waals surface area contributed by atoms with Gasteiger partial charge in [0, 0.05) is 36.2 Å². The SMILES string of the molecule is C#Cc1cc(Nc2ncnc3cc(OC4CCOC4)c(NC(=O)C=CCNCC)cc23)ccc1F. The van der Waals surface area contributed by atoms with Crippen LogP contribution in [-0.2, 0) is 9.53 Å². The topological polar surface area (TPSA) is 97.4 Å². The van der Waals surface area contributed by atoms with Crippen LogP contribution in [0.3, 0.4) is 0 Å². The molecular weight excluding hydrogens is 449 g/mol. The van der Waals surface area contributed by atoms with Gasteiger partial charge in [-0.25, -0.2) is 14.4 Å². The quantitative estimate of drug-likeness (QED) is 0.246. The maximum absolute atomic E-state index is 13.8. The lowest BCUT2D eigenvalue weighted by molar-refractivity contribution is -0.111. The third-order valence-electron chi connectivity index (χ3n) is 5.34. The number of hydrogen-bond donors (Lipinski definition) is 3. The number of rotatable bonds is 9. The third-order valence-corrected chi connectivity index (χ3v) is 5.34. The Hall–Kier alpha value is -4.00. The predicted molar refractivity (Wildman–Crippen MR) is 133 cm³/mol. The molecule has 1 unspecified atom stereocenters. The lowest BCUT2D eigenvalue weighted by Crippen LogP contribution is -2.18. The molecule has 0 bridgehead atoms. The van der Waals surface area contributed by atoms with Crippen LogP contribution in [-0.4, -0.2) is 48.3 Å². The number of aromatic nitrogens is 2. The van der Waals surface area contributed by atoms with Crippen molar-refractivity contribution in [3.05, 3.63) is 60.2 Å². The van der Waals surface area contributed by atoms with Crippen LogP contribution in [0.5, 0.6) is 5.75 Å². The number of amides is 1. The maximum Gasteiger partial charge on any atom is 0.248 e. The van der Waals surface area contributed by atoms with Crippen molar-refractivity contribution in [2.24, 2.45) is 0 Å². The van der Waals surface area contributed by atoms with Crippen molar-refractivity contribution in [1.29, 1.82) is 0 Å². The van der Waals surface area contributed by atoms with Crippen molar-refractivity contribution < 1.29 is 18.7 Å². The van der Waals surface area contributed by atoms with Gasteiger partial charge in [0.1, 0.15) is 29.8 Å². The van der Waals surface area contributed by atoms with Crippen molar-refractivity contribution >= 4 is 34.0 Å². The first kappa shape index (κ1) is 24.1. The molecule has 3 N–H and O–H groups in total. The molecule has 0 aliphatic carbocycles. The van der Waals surface area contributed by atoms with Crippen LogP contribution < -0.4 is 20.7 Å². The van der Waals surface area contributed by atoms with Crippen molar-refractivity contribution in [3.63, 3.8) is 0 Å². The van der Waals surface area contributed by atoms with E-state index in [1.807, 2.05) is 6.92 Å². The van der Waals surface area contributed by atoms with Gasteiger partial charge in [0.15, 0.2) is 0 Å². The molecule has 1 aliphatic heterocycles. The Kier molecular flexibility index (Phi) is 7.88. The Balaban J connectivity index is 1.68. The fourth-order valence-electron chi connectivity index (χ4n) is 3.58. The summed E-state index contributed by atoms with van der Waals surface area (Å²) in [6, 6.07) is 7.90. The average molecular weight is 476 g/mol. The molecule has 0 spiro atoms. The first-order valence-electron chi connectivity index (χ1n) is 11.3. The van der Waals surface area contributed by atoms with Crippen LogP contribution in [0.1, 0.15) is 18.9 Å². The zero-order valence-electron chi connectivity index (χ0n) is 19.3. The van der Waals surface area contributed by atoms with Gasteiger partial charge in [-0.3, -0.25) is 4.79 Å². The van der Waals surface area contributed by atoms with E-state index in [0.29, 0.717) is 53.6 Å². The number of anilines is 3. The van der Waals surface area contributed by atoms with Crippen molar-refractivity contribution in [3.8, 4) is 18.1 Å². The van der Waals surface area contributed by atoms with Crippen LogP contribution in [0.4, 0.5) is 21.6 Å². The zero-order valence-corrected chi connectivity index (χ0v) is 19.3. The van der Waals surface area contributed by atoms with Crippen LogP contribution in [0.15, 0.2) is 48.8 Å². The number of carbonyl (C=O) groups is 1. The minimum absolute atomic E-state index is 0.117. The molecule has 0 saturated carbocycles. The number of fused-ring (bicyclic) bond motifs is 1. The lowest BCUT2D eigenvalue weighted by Gasteiger charge is -2.17. The normalized spacial score (nSPS) is 15.3. The molecule has 1 amide bonds. The first-order valence-corrected chi connectivity index (χ1v) is 11.3. The molecule has 2 aromatic carbocycles. The maximum atomic E-state index is 13.8. The molecule has 9 heteroatoms. The number of carbonyl (C=O) groups excluding carboxylic acids is 1. The van der Waals surface area contributed by atoms with Crippen molar-refractivity contribution in [2.75, 3.05) is 36.9 Å². The fourth-order valence-corrected chi connectivity index (χ4v) is 3.58. The van der Waals surface area contributed by atoms with Gasteiger partial charge < -0.3 is 25.4 Å². The van der Waals surface area contributed by atoms with Gasteiger partial charge in [0.2, 0.25) is 5.91 Å². The van der Waals surface area contributed by atoms with Gasteiger partial charge in [-0.2, -0.15) is 0 Å². The molecule has 1 atom stereocenters. The molecule has 2 heterocycles. The second kappa shape index (κ2) is 11.4. The number of halogens is 1. The minimum atomic E-state index is -0.476. The van der Waals surface area contributed by atoms with Gasteiger partial charge in [0.05, 0.1) is 30.0 Å². The molecule has 1 aliphatic rings. The molecule has 1 fully saturated rings. The van der Waals surface area contributed by atoms with Gasteiger partial charge >= 0.3 is 0 Å². The highest BCUT2D eigenvalue weighted by Crippen LogP contribution is 2.34. The standard InChI is InChI=1S/C26H26FN5O3/c1-3-17-12-18(7-8-21(17)27)31-26-20-13-23(32-25(33)6-5-10-28-4-2)24(14-22(20)29-16-30-26)35-19-9-11-34-15-19/h1,5-8,12-14,16,19,28H,4,9-11,15H2,2H3,(H,32,33)(H,29,30,31). The molecular formula is C26H26FN5O3. The molecule has 3 aromatic rings. The summed E-state index contributed by atoms with van der Waals surface area (Å²) in [6.45, 7) is 4.49. The number of nitrogens with zero attached hydrogens (tertiary/aromatic N) is 2. The Labute approximate surface area is 202 Å². The highest BCUT2D eigenvalue weighted by molar-refractivity contribution is 6.03. The summed E-state index contributed by atoms with van der Waals surface area (Å²) in [5.41, 5.74) is 1.79. The Bertz CT molecular complexity index is 1280. The fraction of sp³-hybridized carbons (Fsp3) is 0.269. The Morgan fingerprint density at radius 3 is 3.00 bits per heavy atom. The molecule has 8 nitrogen and oxygen atoms in total. The highest BCUT2D eigenvalue weighted by Gasteiger charge is 2.20. The van der Waals surface area contributed by atoms with E-state index in [4.69, 9.17) is 15.9 Å². The van der Waals surface area contributed by atoms with E-state index in [9.17, 15) is 9.18 Å². The number of hydrogen-bond acceptors (Lipinski definition) is 7. The van der Waals surface area contributed by atoms with Crippen LogP contribution in [0, 0.1) is 18.2 Å². The molecule has 35 heavy (non-hydrogen) atoms. The lowest BCUT2D eigenvalue weighted by atomic mass is 10.1. The first-order chi connectivity index (χ1) is 17.1. The molecule has 1 aromatic heterocycles. The van der Waals surface area contributed by atoms with E-state index in [-0.39, 0.29) is 17.6 Å². The largest absolute Gasteiger partial charge is 0.486 e. The summed E-state index contributed by atoms with van der Waals surface area (Å²) in [5.74, 6) is 2.51.